The van der Waals surface area contributed by atoms with Crippen molar-refractivity contribution in [2.45, 2.75) is 32.9 Å². The predicted molar refractivity (Wildman–Crippen MR) is 78.5 cm³/mol. The van der Waals surface area contributed by atoms with E-state index in [0.717, 1.165) is 12.1 Å². The number of benzene rings is 1. The maximum atomic E-state index is 9.83. The molecule has 0 aliphatic heterocycles. The monoisotopic (exact) mass is 266 g/mol. The Balaban J connectivity index is 2.69. The number of nitrogens with one attached hydrogen (secondary N) is 1. The fraction of sp³-hybridized carbons (Fsp3) is 0.600. The zero-order chi connectivity index (χ0) is 14.6. The Morgan fingerprint density at radius 1 is 1.16 bits per heavy atom. The van der Waals surface area contributed by atoms with E-state index in [1.165, 1.54) is 12.1 Å². The Kier molecular flexibility index (Phi) is 5.63. The average Bonchev–Trinajstić information content (AvgIpc) is 2.31. The molecule has 1 rings (SSSR count). The highest BCUT2D eigenvalue weighted by Crippen LogP contribution is 2.27. The lowest BCUT2D eigenvalue weighted by atomic mass is 10.0. The van der Waals surface area contributed by atoms with Crippen LogP contribution in [0.5, 0.6) is 11.5 Å². The van der Waals surface area contributed by atoms with Crippen molar-refractivity contribution in [3.05, 3.63) is 23.8 Å². The molecule has 0 aromatic heterocycles. The molecular weight excluding hydrogens is 240 g/mol. The summed E-state index contributed by atoms with van der Waals surface area (Å²) in [4.78, 5) is 2.20. The van der Waals surface area contributed by atoms with Crippen LogP contribution >= 0.6 is 0 Å². The third-order valence-electron chi connectivity index (χ3n) is 3.54. The van der Waals surface area contributed by atoms with Gasteiger partial charge in [-0.25, -0.2) is 0 Å². The van der Waals surface area contributed by atoms with Gasteiger partial charge in [-0.1, -0.05) is 13.8 Å². The van der Waals surface area contributed by atoms with Crippen LogP contribution in [0.2, 0.25) is 0 Å². The van der Waals surface area contributed by atoms with Crippen LogP contribution < -0.4 is 5.32 Å². The number of hydrogen-bond acceptors (Lipinski definition) is 4. The van der Waals surface area contributed by atoms with Crippen molar-refractivity contribution >= 4 is 0 Å². The van der Waals surface area contributed by atoms with Gasteiger partial charge in [0.25, 0.3) is 0 Å². The fourth-order valence-electron chi connectivity index (χ4n) is 2.31. The Hall–Kier alpha value is -1.26. The van der Waals surface area contributed by atoms with Crippen LogP contribution in [0.1, 0.15) is 32.4 Å². The standard InChI is InChI=1S/C15H26N2O2/c1-10(2)14(17(4)5)9-16-11(3)13-8-12(18)6-7-15(13)19/h6-8,10-11,14,16,18-19H,9H2,1-5H3. The predicted octanol–water partition coefficient (Wildman–Crippen LogP) is 2.33. The Labute approximate surface area is 116 Å². The molecule has 108 valence electrons. The second-order valence-electron chi connectivity index (χ2n) is 5.65. The summed E-state index contributed by atoms with van der Waals surface area (Å²) in [6.45, 7) is 7.22. The maximum absolute atomic E-state index is 9.83. The van der Waals surface area contributed by atoms with Crippen molar-refractivity contribution in [3.63, 3.8) is 0 Å². The van der Waals surface area contributed by atoms with Crippen LogP contribution in [0.15, 0.2) is 18.2 Å². The van der Waals surface area contributed by atoms with E-state index >= 15 is 0 Å². The van der Waals surface area contributed by atoms with Gasteiger partial charge in [-0.05, 0) is 45.1 Å². The van der Waals surface area contributed by atoms with E-state index in [0.29, 0.717) is 12.0 Å². The first-order chi connectivity index (χ1) is 8.82. The largest absolute Gasteiger partial charge is 0.508 e. The highest BCUT2D eigenvalue weighted by atomic mass is 16.3. The summed E-state index contributed by atoms with van der Waals surface area (Å²) in [5.41, 5.74) is 0.723. The zero-order valence-electron chi connectivity index (χ0n) is 12.5. The summed E-state index contributed by atoms with van der Waals surface area (Å²) < 4.78 is 0. The molecule has 3 N–H and O–H groups in total. The van der Waals surface area contributed by atoms with Gasteiger partial charge in [0.2, 0.25) is 0 Å². The van der Waals surface area contributed by atoms with Crippen LogP contribution in [-0.2, 0) is 0 Å². The lowest BCUT2D eigenvalue weighted by Crippen LogP contribution is -2.42. The minimum absolute atomic E-state index is 0.00620. The van der Waals surface area contributed by atoms with Crippen molar-refractivity contribution in [1.29, 1.82) is 0 Å². The van der Waals surface area contributed by atoms with Gasteiger partial charge in [0, 0.05) is 24.2 Å². The fourth-order valence-corrected chi connectivity index (χ4v) is 2.31. The first-order valence-corrected chi connectivity index (χ1v) is 6.74. The molecule has 0 amide bonds. The quantitative estimate of drug-likeness (QED) is 0.692. The van der Waals surface area contributed by atoms with Crippen LogP contribution in [-0.4, -0.2) is 41.8 Å². The maximum Gasteiger partial charge on any atom is 0.120 e. The van der Waals surface area contributed by atoms with E-state index < -0.39 is 0 Å². The molecule has 0 saturated carbocycles. The number of phenolic OH excluding ortho intramolecular Hbond substituents is 2. The van der Waals surface area contributed by atoms with Crippen molar-refractivity contribution in [1.82, 2.24) is 10.2 Å². The first kappa shape index (κ1) is 15.8. The molecule has 4 nitrogen and oxygen atoms in total. The number of nitrogens with zero attached hydrogens (tertiary/aromatic N) is 1. The number of hydrogen-bond donors (Lipinski definition) is 3. The van der Waals surface area contributed by atoms with Crippen molar-refractivity contribution < 1.29 is 10.2 Å². The van der Waals surface area contributed by atoms with E-state index in [9.17, 15) is 10.2 Å². The molecule has 0 bridgehead atoms. The number of rotatable bonds is 6. The molecule has 2 atom stereocenters. The second kappa shape index (κ2) is 6.78. The van der Waals surface area contributed by atoms with Gasteiger partial charge in [-0.3, -0.25) is 0 Å². The molecule has 0 aliphatic rings. The number of phenols is 2. The molecule has 0 radical (unpaired) electrons. The van der Waals surface area contributed by atoms with E-state index in [1.807, 2.05) is 6.92 Å². The average molecular weight is 266 g/mol. The normalized spacial score (nSPS) is 14.9. The van der Waals surface area contributed by atoms with Crippen LogP contribution in [0.25, 0.3) is 0 Å². The highest BCUT2D eigenvalue weighted by Gasteiger charge is 2.18. The van der Waals surface area contributed by atoms with Crippen LogP contribution in [0.4, 0.5) is 0 Å². The van der Waals surface area contributed by atoms with Crippen molar-refractivity contribution in [2.75, 3.05) is 20.6 Å². The first-order valence-electron chi connectivity index (χ1n) is 6.74. The molecular formula is C15H26N2O2. The topological polar surface area (TPSA) is 55.7 Å². The zero-order valence-corrected chi connectivity index (χ0v) is 12.5. The highest BCUT2D eigenvalue weighted by molar-refractivity contribution is 5.40. The SMILES string of the molecule is CC(NCC(C(C)C)N(C)C)c1cc(O)ccc1O. The van der Waals surface area contributed by atoms with E-state index in [1.54, 1.807) is 6.07 Å². The van der Waals surface area contributed by atoms with Gasteiger partial charge in [-0.2, -0.15) is 0 Å². The lowest BCUT2D eigenvalue weighted by Gasteiger charge is -2.29. The smallest absolute Gasteiger partial charge is 0.120 e. The molecule has 2 unspecified atom stereocenters. The summed E-state index contributed by atoms with van der Waals surface area (Å²) in [6.07, 6.45) is 0. The summed E-state index contributed by atoms with van der Waals surface area (Å²) in [5.74, 6) is 0.936. The third-order valence-corrected chi connectivity index (χ3v) is 3.54. The van der Waals surface area contributed by atoms with Gasteiger partial charge in [0.15, 0.2) is 0 Å². The summed E-state index contributed by atoms with van der Waals surface area (Å²) in [5, 5.41) is 22.7. The Bertz CT molecular complexity index is 397. The number of aromatic hydroxyl groups is 2. The Morgan fingerprint density at radius 2 is 1.79 bits per heavy atom. The molecule has 0 spiro atoms. The van der Waals surface area contributed by atoms with Gasteiger partial charge >= 0.3 is 0 Å². The summed E-state index contributed by atoms with van der Waals surface area (Å²) >= 11 is 0. The van der Waals surface area contributed by atoms with Gasteiger partial charge < -0.3 is 20.4 Å². The minimum atomic E-state index is -0.00620. The number of likely N-dealkylation sites (N-methyl/N-ethyl adjacent to an activating group) is 1. The van der Waals surface area contributed by atoms with Crippen LogP contribution in [0, 0.1) is 5.92 Å². The summed E-state index contributed by atoms with van der Waals surface area (Å²) in [6, 6.07) is 5.04. The summed E-state index contributed by atoms with van der Waals surface area (Å²) in [7, 11) is 4.14. The van der Waals surface area contributed by atoms with Gasteiger partial charge in [0.05, 0.1) is 0 Å². The van der Waals surface area contributed by atoms with E-state index in [2.05, 4.69) is 38.2 Å². The second-order valence-corrected chi connectivity index (χ2v) is 5.65. The molecule has 0 aliphatic carbocycles. The molecule has 0 fully saturated rings. The van der Waals surface area contributed by atoms with Gasteiger partial charge in [0.1, 0.15) is 11.5 Å². The van der Waals surface area contributed by atoms with E-state index in [4.69, 9.17) is 0 Å². The lowest BCUT2D eigenvalue weighted by molar-refractivity contribution is 0.219. The molecule has 19 heavy (non-hydrogen) atoms. The van der Waals surface area contributed by atoms with Crippen LogP contribution in [0.3, 0.4) is 0 Å². The van der Waals surface area contributed by atoms with E-state index in [-0.39, 0.29) is 17.5 Å². The molecule has 4 heteroatoms. The molecule has 1 aromatic rings. The van der Waals surface area contributed by atoms with Crippen molar-refractivity contribution in [2.24, 2.45) is 5.92 Å². The molecule has 0 heterocycles. The minimum Gasteiger partial charge on any atom is -0.508 e. The molecule has 0 saturated heterocycles. The van der Waals surface area contributed by atoms with Crippen molar-refractivity contribution in [3.8, 4) is 11.5 Å². The molecule has 1 aromatic carbocycles. The van der Waals surface area contributed by atoms with Gasteiger partial charge in [-0.15, -0.1) is 0 Å². The Morgan fingerprint density at radius 3 is 2.32 bits per heavy atom. The third kappa shape index (κ3) is 4.40.